The van der Waals surface area contributed by atoms with Gasteiger partial charge in [-0.3, -0.25) is 5.43 Å². The van der Waals surface area contributed by atoms with Gasteiger partial charge in [-0.2, -0.15) is 0 Å². The summed E-state index contributed by atoms with van der Waals surface area (Å²) in [4.78, 5) is 14.4. The van der Waals surface area contributed by atoms with E-state index in [4.69, 9.17) is 28.7 Å². The van der Waals surface area contributed by atoms with Crippen LogP contribution in [0, 0.1) is 0 Å². The van der Waals surface area contributed by atoms with Crippen molar-refractivity contribution in [2.24, 2.45) is 0 Å². The first-order valence-electron chi connectivity index (χ1n) is 5.81. The molecule has 0 spiro atoms. The predicted molar refractivity (Wildman–Crippen MR) is 76.5 cm³/mol. The van der Waals surface area contributed by atoms with Gasteiger partial charge in [0.15, 0.2) is 0 Å². The number of ether oxygens (including phenoxy) is 1. The molecule has 0 unspecified atom stereocenters. The van der Waals surface area contributed by atoms with E-state index in [1.54, 1.807) is 0 Å². The number of halogens is 1. The van der Waals surface area contributed by atoms with Crippen LogP contribution in [0.5, 0.6) is 0 Å². The first-order valence-corrected chi connectivity index (χ1v) is 6.60. The number of nitrogens with one attached hydrogen (secondary N) is 3. The lowest BCUT2D eigenvalue weighted by atomic mass is 10.2. The summed E-state index contributed by atoms with van der Waals surface area (Å²) in [5.41, 5.74) is 3.02. The summed E-state index contributed by atoms with van der Waals surface area (Å²) < 4.78 is 5.14. The summed E-state index contributed by atoms with van der Waals surface area (Å²) >= 11 is 10.4. The quantitative estimate of drug-likeness (QED) is 0.441. The van der Waals surface area contributed by atoms with E-state index in [-0.39, 0.29) is 6.61 Å². The molecule has 1 aliphatic rings. The monoisotopic (exact) mass is 299 g/mol. The Kier molecular flexibility index (Phi) is 4.57. The van der Waals surface area contributed by atoms with E-state index < -0.39 is 11.6 Å². The molecule has 0 atom stereocenters. The highest BCUT2D eigenvalue weighted by Gasteiger charge is 2.48. The minimum atomic E-state index is -0.523. The lowest BCUT2D eigenvalue weighted by Gasteiger charge is -2.18. The Morgan fingerprint density at radius 1 is 1.37 bits per heavy atom. The third-order valence-electron chi connectivity index (χ3n) is 2.90. The molecule has 5 nitrogen and oxygen atoms in total. The van der Waals surface area contributed by atoms with E-state index in [0.717, 1.165) is 18.4 Å². The largest absolute Gasteiger partial charge is 0.445 e. The summed E-state index contributed by atoms with van der Waals surface area (Å²) in [7, 11) is 0. The first kappa shape index (κ1) is 14.0. The van der Waals surface area contributed by atoms with Crippen LogP contribution >= 0.6 is 24.0 Å². The summed E-state index contributed by atoms with van der Waals surface area (Å²) in [6, 6.07) is 9.48. The molecule has 19 heavy (non-hydrogen) atoms. The number of hydrazine groups is 1. The average molecular weight is 300 g/mol. The van der Waals surface area contributed by atoms with E-state index >= 15 is 0 Å². The second-order valence-electron chi connectivity index (χ2n) is 4.32. The summed E-state index contributed by atoms with van der Waals surface area (Å²) in [6.07, 6.45) is 1.07. The Labute approximate surface area is 121 Å². The molecule has 1 aromatic carbocycles. The fraction of sp³-hybridized carbons (Fsp3) is 0.333. The van der Waals surface area contributed by atoms with Crippen LogP contribution in [0.2, 0.25) is 0 Å². The number of rotatable bonds is 5. The maximum Gasteiger partial charge on any atom is 0.408 e. The molecule has 1 aliphatic carbocycles. The van der Waals surface area contributed by atoms with Crippen molar-refractivity contribution in [3.63, 3.8) is 0 Å². The molecule has 102 valence electrons. The normalized spacial score (nSPS) is 15.4. The molecule has 0 saturated heterocycles. The van der Waals surface area contributed by atoms with Gasteiger partial charge in [-0.25, -0.2) is 4.79 Å². The molecule has 7 heteroatoms. The third kappa shape index (κ3) is 3.79. The van der Waals surface area contributed by atoms with Crippen molar-refractivity contribution < 1.29 is 9.53 Å². The van der Waals surface area contributed by atoms with Crippen LogP contribution in [0.3, 0.4) is 0 Å². The van der Waals surface area contributed by atoms with Crippen LogP contribution in [-0.2, 0) is 11.3 Å². The van der Waals surface area contributed by atoms with E-state index in [1.807, 2.05) is 30.3 Å². The SMILES string of the molecule is O=C(NC1(C(=S)NNCl)CC1)OCc1ccccc1. The van der Waals surface area contributed by atoms with E-state index in [0.29, 0.717) is 4.99 Å². The number of carbonyl (C=O) groups is 1. The van der Waals surface area contributed by atoms with Gasteiger partial charge in [0, 0.05) is 0 Å². The number of hydrogen-bond donors (Lipinski definition) is 3. The van der Waals surface area contributed by atoms with E-state index in [9.17, 15) is 4.79 Å². The number of carbonyl (C=O) groups excluding carboxylic acids is 1. The Morgan fingerprint density at radius 3 is 2.63 bits per heavy atom. The summed E-state index contributed by atoms with van der Waals surface area (Å²) in [5, 5.41) is 2.76. The van der Waals surface area contributed by atoms with E-state index in [2.05, 4.69) is 15.7 Å². The molecule has 0 radical (unpaired) electrons. The Morgan fingerprint density at radius 2 is 2.05 bits per heavy atom. The molecular weight excluding hydrogens is 286 g/mol. The Bertz CT molecular complexity index is 465. The van der Waals surface area contributed by atoms with Crippen molar-refractivity contribution in [2.45, 2.75) is 25.0 Å². The maximum absolute atomic E-state index is 11.7. The van der Waals surface area contributed by atoms with Gasteiger partial charge in [0.1, 0.15) is 11.6 Å². The number of thiocarbonyl (C=S) groups is 1. The molecule has 3 N–H and O–H groups in total. The van der Waals surface area contributed by atoms with Gasteiger partial charge in [-0.05, 0) is 30.2 Å². The van der Waals surface area contributed by atoms with Crippen molar-refractivity contribution in [3.8, 4) is 0 Å². The highest BCUT2D eigenvalue weighted by Crippen LogP contribution is 2.36. The van der Waals surface area contributed by atoms with Gasteiger partial charge in [-0.15, -0.1) is 4.94 Å². The van der Waals surface area contributed by atoms with Crippen LogP contribution in [0.1, 0.15) is 18.4 Å². The minimum absolute atomic E-state index is 0.233. The molecule has 1 aromatic rings. The standard InChI is InChI=1S/C12H14ClN3O2S/c13-16-15-10(19)12(6-7-12)14-11(17)18-8-9-4-2-1-3-5-9/h1-5,16H,6-8H2,(H,14,17)(H,15,19). The number of hydrogen-bond acceptors (Lipinski definition) is 4. The molecule has 1 saturated carbocycles. The second-order valence-corrected chi connectivity index (χ2v) is 4.91. The number of alkyl carbamates (subject to hydrolysis) is 1. The maximum atomic E-state index is 11.7. The molecule has 1 amide bonds. The molecule has 0 bridgehead atoms. The lowest BCUT2D eigenvalue weighted by molar-refractivity contribution is 0.137. The van der Waals surface area contributed by atoms with Gasteiger partial charge in [0.05, 0.1) is 5.54 Å². The van der Waals surface area contributed by atoms with Crippen molar-refractivity contribution in [1.82, 2.24) is 15.7 Å². The van der Waals surface area contributed by atoms with Crippen LogP contribution in [0.25, 0.3) is 0 Å². The highest BCUT2D eigenvalue weighted by molar-refractivity contribution is 7.80. The Balaban J connectivity index is 1.80. The van der Waals surface area contributed by atoms with Gasteiger partial charge >= 0.3 is 6.09 Å². The molecule has 1 fully saturated rings. The average Bonchev–Trinajstić information content (AvgIpc) is 3.19. The fourth-order valence-electron chi connectivity index (χ4n) is 1.65. The van der Waals surface area contributed by atoms with Gasteiger partial charge in [0.25, 0.3) is 0 Å². The number of amides is 1. The summed E-state index contributed by atoms with van der Waals surface area (Å²) in [6.45, 7) is 0.233. The van der Waals surface area contributed by atoms with Crippen LogP contribution in [-0.4, -0.2) is 16.6 Å². The number of benzene rings is 1. The van der Waals surface area contributed by atoms with Crippen LogP contribution in [0.4, 0.5) is 4.79 Å². The molecule has 0 aliphatic heterocycles. The van der Waals surface area contributed by atoms with Crippen molar-refractivity contribution >= 4 is 35.1 Å². The van der Waals surface area contributed by atoms with Crippen molar-refractivity contribution in [1.29, 1.82) is 0 Å². The van der Waals surface area contributed by atoms with Crippen molar-refractivity contribution in [3.05, 3.63) is 35.9 Å². The first-order chi connectivity index (χ1) is 9.16. The lowest BCUT2D eigenvalue weighted by Crippen LogP contribution is -2.50. The second kappa shape index (κ2) is 6.18. The zero-order valence-corrected chi connectivity index (χ0v) is 11.7. The van der Waals surface area contributed by atoms with Crippen LogP contribution in [0.15, 0.2) is 30.3 Å². The topological polar surface area (TPSA) is 62.4 Å². The van der Waals surface area contributed by atoms with Gasteiger partial charge < -0.3 is 10.1 Å². The third-order valence-corrected chi connectivity index (χ3v) is 3.49. The zero-order chi connectivity index (χ0) is 13.7. The van der Waals surface area contributed by atoms with E-state index in [1.165, 1.54) is 0 Å². The molecule has 0 heterocycles. The molecule has 2 rings (SSSR count). The van der Waals surface area contributed by atoms with Gasteiger partial charge in [-0.1, -0.05) is 42.5 Å². The zero-order valence-electron chi connectivity index (χ0n) is 10.1. The predicted octanol–water partition coefficient (Wildman–Crippen LogP) is 2.02. The molecular formula is C12H14ClN3O2S. The highest BCUT2D eigenvalue weighted by atomic mass is 35.5. The summed E-state index contributed by atoms with van der Waals surface area (Å²) in [5.74, 6) is 0. The van der Waals surface area contributed by atoms with Crippen molar-refractivity contribution in [2.75, 3.05) is 0 Å². The smallest absolute Gasteiger partial charge is 0.408 e. The fourth-order valence-corrected chi connectivity index (χ4v) is 2.11. The molecule has 0 aromatic heterocycles. The van der Waals surface area contributed by atoms with Crippen LogP contribution < -0.4 is 15.7 Å². The minimum Gasteiger partial charge on any atom is -0.445 e. The Hall–Kier alpha value is -1.37. The van der Waals surface area contributed by atoms with Gasteiger partial charge in [0.2, 0.25) is 0 Å².